The topological polar surface area (TPSA) is 59.0 Å². The summed E-state index contributed by atoms with van der Waals surface area (Å²) in [5, 5.41) is 11.6. The van der Waals surface area contributed by atoms with E-state index in [1.54, 1.807) is 18.3 Å². The molecule has 1 aromatic heterocycles. The molecule has 0 atom stereocenters. The van der Waals surface area contributed by atoms with E-state index in [0.717, 1.165) is 42.9 Å². The number of carbonyl (C=O) groups is 1. The fourth-order valence-electron chi connectivity index (χ4n) is 4.02. The van der Waals surface area contributed by atoms with Crippen LogP contribution in [-0.2, 0) is 0 Å². The van der Waals surface area contributed by atoms with Crippen LogP contribution in [0.15, 0.2) is 48.7 Å². The molecule has 4 rings (SSSR count). The molecule has 2 aromatic carbocycles. The van der Waals surface area contributed by atoms with Crippen LogP contribution in [0.2, 0.25) is 5.02 Å². The molecule has 0 spiro atoms. The summed E-state index contributed by atoms with van der Waals surface area (Å²) in [6.45, 7) is 6.05. The number of carbonyl (C=O) groups excluding carboxylic acids is 1. The number of rotatable bonds is 4. The van der Waals surface area contributed by atoms with Gasteiger partial charge in [-0.2, -0.15) is 5.10 Å². The van der Waals surface area contributed by atoms with Crippen molar-refractivity contribution in [3.05, 3.63) is 76.1 Å². The van der Waals surface area contributed by atoms with Gasteiger partial charge in [0.2, 0.25) is 0 Å². The number of amides is 1. The zero-order valence-corrected chi connectivity index (χ0v) is 18.7. The molecule has 5 nitrogen and oxygen atoms in total. The third kappa shape index (κ3) is 4.69. The molecule has 2 N–H and O–H groups in total. The van der Waals surface area contributed by atoms with E-state index in [4.69, 9.17) is 11.6 Å². The van der Waals surface area contributed by atoms with Crippen molar-refractivity contribution in [3.63, 3.8) is 0 Å². The Hall–Kier alpha value is -2.34. The molecule has 7 heteroatoms. The second-order valence-corrected chi connectivity index (χ2v) is 8.07. The number of nitrogens with one attached hydrogen (secondary N) is 2. The predicted octanol–water partition coefficient (Wildman–Crippen LogP) is 5.28. The van der Waals surface area contributed by atoms with Crippen LogP contribution in [-0.4, -0.2) is 28.8 Å². The van der Waals surface area contributed by atoms with Gasteiger partial charge in [0.15, 0.2) is 0 Å². The second kappa shape index (κ2) is 9.65. The lowest BCUT2D eigenvalue weighted by molar-refractivity contribution is 0.102. The highest BCUT2D eigenvalue weighted by molar-refractivity contribution is 6.31. The second-order valence-electron chi connectivity index (χ2n) is 7.63. The third-order valence-electron chi connectivity index (χ3n) is 5.44. The summed E-state index contributed by atoms with van der Waals surface area (Å²) in [4.78, 5) is 13.1. The maximum atomic E-state index is 13.1. The number of aryl methyl sites for hydroxylation is 2. The van der Waals surface area contributed by atoms with E-state index in [2.05, 4.69) is 47.8 Å². The number of piperidine rings is 1. The minimum atomic E-state index is -0.156. The van der Waals surface area contributed by atoms with Crippen LogP contribution in [0, 0.1) is 13.8 Å². The van der Waals surface area contributed by atoms with E-state index in [0.29, 0.717) is 16.3 Å². The van der Waals surface area contributed by atoms with Crippen molar-refractivity contribution in [1.82, 2.24) is 15.1 Å². The quantitative estimate of drug-likeness (QED) is 0.574. The minimum Gasteiger partial charge on any atom is -0.322 e. The van der Waals surface area contributed by atoms with Crippen molar-refractivity contribution < 1.29 is 4.79 Å². The summed E-state index contributed by atoms with van der Waals surface area (Å²) >= 11 is 6.07. The van der Waals surface area contributed by atoms with Gasteiger partial charge < -0.3 is 10.6 Å². The molecule has 0 saturated carbocycles. The average molecular weight is 445 g/mol. The minimum absolute atomic E-state index is 0. The Kier molecular flexibility index (Phi) is 7.19. The maximum Gasteiger partial charge on any atom is 0.259 e. The Morgan fingerprint density at radius 2 is 1.93 bits per heavy atom. The summed E-state index contributed by atoms with van der Waals surface area (Å²) < 4.78 is 1.96. The summed E-state index contributed by atoms with van der Waals surface area (Å²) in [5.41, 5.74) is 5.66. The Labute approximate surface area is 188 Å². The van der Waals surface area contributed by atoms with Crippen molar-refractivity contribution in [1.29, 1.82) is 0 Å². The van der Waals surface area contributed by atoms with E-state index in [1.165, 1.54) is 5.56 Å². The Balaban J connectivity index is 0.00000256. The summed E-state index contributed by atoms with van der Waals surface area (Å²) in [6, 6.07) is 13.5. The highest BCUT2D eigenvalue weighted by Crippen LogP contribution is 2.31. The molecular weight excluding hydrogens is 419 g/mol. The summed E-state index contributed by atoms with van der Waals surface area (Å²) in [6.07, 6.45) is 3.65. The van der Waals surface area contributed by atoms with E-state index in [9.17, 15) is 4.79 Å². The molecule has 0 radical (unpaired) electrons. The number of benzene rings is 2. The van der Waals surface area contributed by atoms with Gasteiger partial charge in [-0.15, -0.1) is 12.4 Å². The molecule has 0 aliphatic carbocycles. The number of halogens is 2. The number of hydrogen-bond donors (Lipinski definition) is 2. The van der Waals surface area contributed by atoms with E-state index >= 15 is 0 Å². The van der Waals surface area contributed by atoms with Gasteiger partial charge in [0.1, 0.15) is 0 Å². The first-order valence-corrected chi connectivity index (χ1v) is 10.3. The monoisotopic (exact) mass is 444 g/mol. The number of aromatic nitrogens is 2. The van der Waals surface area contributed by atoms with Gasteiger partial charge >= 0.3 is 0 Å². The molecule has 0 unspecified atom stereocenters. The lowest BCUT2D eigenvalue weighted by Gasteiger charge is -2.25. The van der Waals surface area contributed by atoms with Gasteiger partial charge in [-0.3, -0.25) is 4.79 Å². The van der Waals surface area contributed by atoms with Gasteiger partial charge in [0.25, 0.3) is 5.91 Å². The molecule has 1 fully saturated rings. The fraction of sp³-hybridized carbons (Fsp3) is 0.304. The smallest absolute Gasteiger partial charge is 0.259 e. The van der Waals surface area contributed by atoms with Crippen molar-refractivity contribution >= 4 is 35.6 Å². The third-order valence-corrected chi connectivity index (χ3v) is 5.67. The zero-order chi connectivity index (χ0) is 20.4. The predicted molar refractivity (Wildman–Crippen MR) is 125 cm³/mol. The highest BCUT2D eigenvalue weighted by Gasteiger charge is 2.27. The molecule has 30 heavy (non-hydrogen) atoms. The molecule has 1 aliphatic heterocycles. The molecule has 158 valence electrons. The Bertz CT molecular complexity index is 1040. The summed E-state index contributed by atoms with van der Waals surface area (Å²) in [5.74, 6) is 0.122. The summed E-state index contributed by atoms with van der Waals surface area (Å²) in [7, 11) is 0. The lowest BCUT2D eigenvalue weighted by atomic mass is 9.91. The van der Waals surface area contributed by atoms with Gasteiger partial charge in [0, 0.05) is 16.6 Å². The zero-order valence-electron chi connectivity index (χ0n) is 17.1. The SMILES string of the molecule is Cc1ccc(-n2ncc(C(=O)Nc3cccc(Cl)c3)c2C2CCNCC2)c(C)c1.Cl. The first kappa shape index (κ1) is 22.3. The highest BCUT2D eigenvalue weighted by atomic mass is 35.5. The van der Waals surface area contributed by atoms with Crippen molar-refractivity contribution in [2.45, 2.75) is 32.6 Å². The van der Waals surface area contributed by atoms with Crippen molar-refractivity contribution in [2.75, 3.05) is 18.4 Å². The fourth-order valence-corrected chi connectivity index (χ4v) is 4.21. The van der Waals surface area contributed by atoms with E-state index < -0.39 is 0 Å². The van der Waals surface area contributed by atoms with Crippen LogP contribution in [0.25, 0.3) is 5.69 Å². The van der Waals surface area contributed by atoms with Crippen LogP contribution >= 0.6 is 24.0 Å². The Morgan fingerprint density at radius 1 is 1.17 bits per heavy atom. The van der Waals surface area contributed by atoms with Crippen LogP contribution in [0.5, 0.6) is 0 Å². The van der Waals surface area contributed by atoms with Gasteiger partial charge in [0.05, 0.1) is 23.1 Å². The standard InChI is InChI=1S/C23H25ClN4O.ClH/c1-15-6-7-21(16(2)12-15)28-22(17-8-10-25-11-9-17)20(14-26-28)23(29)27-19-5-3-4-18(24)13-19;/h3-7,12-14,17,25H,8-11H2,1-2H3,(H,27,29);1H. The van der Waals surface area contributed by atoms with Crippen molar-refractivity contribution in [2.24, 2.45) is 0 Å². The maximum absolute atomic E-state index is 13.1. The van der Waals surface area contributed by atoms with Crippen LogP contribution in [0.1, 0.15) is 45.9 Å². The molecule has 1 amide bonds. The average Bonchev–Trinajstić information content (AvgIpc) is 3.13. The first-order chi connectivity index (χ1) is 14.0. The Morgan fingerprint density at radius 3 is 2.63 bits per heavy atom. The van der Waals surface area contributed by atoms with Crippen LogP contribution in [0.3, 0.4) is 0 Å². The lowest BCUT2D eigenvalue weighted by Crippen LogP contribution is -2.29. The van der Waals surface area contributed by atoms with E-state index in [-0.39, 0.29) is 24.2 Å². The molecule has 2 heterocycles. The number of anilines is 1. The first-order valence-electron chi connectivity index (χ1n) is 9.96. The molecule has 1 aliphatic rings. The van der Waals surface area contributed by atoms with Gasteiger partial charge in [-0.1, -0.05) is 35.4 Å². The number of hydrogen-bond acceptors (Lipinski definition) is 3. The molecule has 1 saturated heterocycles. The van der Waals surface area contributed by atoms with Gasteiger partial charge in [-0.25, -0.2) is 4.68 Å². The number of nitrogens with zero attached hydrogens (tertiary/aromatic N) is 2. The van der Waals surface area contributed by atoms with Crippen LogP contribution < -0.4 is 10.6 Å². The largest absolute Gasteiger partial charge is 0.322 e. The molecule has 0 bridgehead atoms. The van der Waals surface area contributed by atoms with Gasteiger partial charge in [-0.05, 0) is 69.6 Å². The molecule has 3 aromatic rings. The molecular formula is C23H26Cl2N4O. The van der Waals surface area contributed by atoms with Crippen molar-refractivity contribution in [3.8, 4) is 5.69 Å². The normalized spacial score (nSPS) is 14.2. The van der Waals surface area contributed by atoms with E-state index in [1.807, 2.05) is 16.8 Å². The van der Waals surface area contributed by atoms with Crippen LogP contribution in [0.4, 0.5) is 5.69 Å².